The average Bonchev–Trinajstić information content (AvgIpc) is 2.79. The molecule has 1 amide bonds. The minimum Gasteiger partial charge on any atom is -0.497 e. The zero-order valence-corrected chi connectivity index (χ0v) is 19.5. The fourth-order valence-corrected chi connectivity index (χ4v) is 4.23. The van der Waals surface area contributed by atoms with Gasteiger partial charge in [0.25, 0.3) is 0 Å². The zero-order valence-electron chi connectivity index (χ0n) is 18.7. The molecule has 1 N–H and O–H groups in total. The fourth-order valence-electron chi connectivity index (χ4n) is 3.94. The van der Waals surface area contributed by atoms with Crippen molar-refractivity contribution in [3.8, 4) is 11.5 Å². The van der Waals surface area contributed by atoms with E-state index in [0.717, 1.165) is 5.56 Å². The summed E-state index contributed by atoms with van der Waals surface area (Å²) in [6.07, 6.45) is 0.836. The molecular weight excluding hydrogens is 435 g/mol. The molecule has 0 bridgehead atoms. The van der Waals surface area contributed by atoms with Gasteiger partial charge in [0.2, 0.25) is 5.91 Å². The first kappa shape index (κ1) is 24.3. The van der Waals surface area contributed by atoms with E-state index in [1.807, 2.05) is 19.1 Å². The Balaban J connectivity index is 1.67. The number of halogens is 2. The molecule has 0 saturated carbocycles. The number of aryl methyl sites for hydroxylation is 1. The van der Waals surface area contributed by atoms with Crippen molar-refractivity contribution in [2.24, 2.45) is 0 Å². The van der Waals surface area contributed by atoms with Crippen molar-refractivity contribution >= 4 is 17.5 Å². The summed E-state index contributed by atoms with van der Waals surface area (Å²) in [6.45, 7) is 4.06. The van der Waals surface area contributed by atoms with Crippen molar-refractivity contribution in [2.45, 2.75) is 31.9 Å². The van der Waals surface area contributed by atoms with Gasteiger partial charge in [0.05, 0.1) is 33.0 Å². The van der Waals surface area contributed by atoms with E-state index in [1.54, 1.807) is 32.4 Å². The van der Waals surface area contributed by atoms with Crippen LogP contribution in [0.2, 0.25) is 5.02 Å². The van der Waals surface area contributed by atoms with Crippen molar-refractivity contribution in [1.82, 2.24) is 10.2 Å². The average molecular weight is 465 g/mol. The highest BCUT2D eigenvalue weighted by Gasteiger charge is 2.29. The number of carbonyl (C=O) groups excluding carboxylic acids is 1. The Labute approximate surface area is 193 Å². The molecule has 2 atom stereocenters. The van der Waals surface area contributed by atoms with E-state index in [9.17, 15) is 9.18 Å². The molecule has 3 rings (SSSR count). The van der Waals surface area contributed by atoms with Crippen LogP contribution in [0, 0.1) is 5.82 Å². The minimum absolute atomic E-state index is 0.0236. The van der Waals surface area contributed by atoms with E-state index >= 15 is 0 Å². The van der Waals surface area contributed by atoms with Crippen LogP contribution in [0.4, 0.5) is 4.39 Å². The maximum Gasteiger partial charge on any atom is 0.220 e. The van der Waals surface area contributed by atoms with Gasteiger partial charge in [-0.25, -0.2) is 4.39 Å². The quantitative estimate of drug-likeness (QED) is 0.607. The Morgan fingerprint density at radius 1 is 1.28 bits per heavy atom. The summed E-state index contributed by atoms with van der Waals surface area (Å²) in [7, 11) is 3.18. The molecule has 2 aromatic carbocycles. The van der Waals surface area contributed by atoms with Gasteiger partial charge in [-0.1, -0.05) is 17.7 Å². The third kappa shape index (κ3) is 6.34. The zero-order chi connectivity index (χ0) is 23.1. The maximum absolute atomic E-state index is 14.7. The van der Waals surface area contributed by atoms with Crippen LogP contribution in [0.3, 0.4) is 0 Å². The molecule has 1 aliphatic rings. The summed E-state index contributed by atoms with van der Waals surface area (Å²) in [5, 5.41) is 3.32. The molecule has 8 heteroatoms. The molecule has 1 saturated heterocycles. The lowest BCUT2D eigenvalue weighted by atomic mass is 10.0. The first-order valence-electron chi connectivity index (χ1n) is 10.7. The van der Waals surface area contributed by atoms with Crippen molar-refractivity contribution in [3.05, 3.63) is 58.4 Å². The topological polar surface area (TPSA) is 60.0 Å². The van der Waals surface area contributed by atoms with E-state index < -0.39 is 0 Å². The predicted molar refractivity (Wildman–Crippen MR) is 122 cm³/mol. The molecule has 32 heavy (non-hydrogen) atoms. The highest BCUT2D eigenvalue weighted by molar-refractivity contribution is 6.31. The molecular formula is C24H30ClFN2O4. The fraction of sp³-hybridized carbons (Fsp3) is 0.458. The maximum atomic E-state index is 14.7. The van der Waals surface area contributed by atoms with Crippen LogP contribution in [-0.4, -0.2) is 57.4 Å². The summed E-state index contributed by atoms with van der Waals surface area (Å²) < 4.78 is 30.9. The molecule has 2 aromatic rings. The summed E-state index contributed by atoms with van der Waals surface area (Å²) in [6, 6.07) is 9.83. The third-order valence-corrected chi connectivity index (χ3v) is 5.92. The van der Waals surface area contributed by atoms with Crippen molar-refractivity contribution in [3.63, 3.8) is 0 Å². The number of morpholine rings is 1. The monoisotopic (exact) mass is 464 g/mol. The first-order valence-corrected chi connectivity index (χ1v) is 11.1. The highest BCUT2D eigenvalue weighted by atomic mass is 35.5. The molecule has 1 fully saturated rings. The number of hydrogen-bond donors (Lipinski definition) is 1. The molecule has 2 unspecified atom stereocenters. The minimum atomic E-state index is -0.379. The van der Waals surface area contributed by atoms with Crippen LogP contribution >= 0.6 is 11.6 Å². The van der Waals surface area contributed by atoms with Gasteiger partial charge >= 0.3 is 0 Å². The van der Waals surface area contributed by atoms with Crippen molar-refractivity contribution in [2.75, 3.05) is 40.5 Å². The van der Waals surface area contributed by atoms with Crippen molar-refractivity contribution < 1.29 is 23.4 Å². The highest BCUT2D eigenvalue weighted by Crippen LogP contribution is 2.31. The SMILES string of the molecule is COc1cc(CCC(=O)NCC(c2c(F)cccc2Cl)N2CCOC(C)C2)cc(OC)c1. The van der Waals surface area contributed by atoms with Gasteiger partial charge in [-0.3, -0.25) is 9.69 Å². The second-order valence-corrected chi connectivity index (χ2v) is 8.26. The normalized spacial score (nSPS) is 17.6. The lowest BCUT2D eigenvalue weighted by molar-refractivity contribution is -0.121. The molecule has 1 heterocycles. The number of amides is 1. The van der Waals surface area contributed by atoms with Crippen LogP contribution < -0.4 is 14.8 Å². The third-order valence-electron chi connectivity index (χ3n) is 5.59. The second kappa shape index (κ2) is 11.5. The lowest BCUT2D eigenvalue weighted by Gasteiger charge is -2.38. The number of hydrogen-bond acceptors (Lipinski definition) is 5. The van der Waals surface area contributed by atoms with Crippen LogP contribution in [0.1, 0.15) is 30.5 Å². The van der Waals surface area contributed by atoms with Gasteiger partial charge in [-0.05, 0) is 43.2 Å². The Hall–Kier alpha value is -2.35. The predicted octanol–water partition coefficient (Wildman–Crippen LogP) is 4.01. The number of ether oxygens (including phenoxy) is 3. The molecule has 0 aliphatic carbocycles. The van der Waals surface area contributed by atoms with Crippen LogP contribution in [0.15, 0.2) is 36.4 Å². The Morgan fingerprint density at radius 2 is 2.00 bits per heavy atom. The van der Waals surface area contributed by atoms with E-state index in [-0.39, 0.29) is 36.8 Å². The second-order valence-electron chi connectivity index (χ2n) is 7.85. The standard InChI is InChI=1S/C24H30ClFN2O4/c1-16-15-28(9-10-32-16)22(24-20(25)5-4-6-21(24)26)14-27-23(29)8-7-17-11-18(30-2)13-19(12-17)31-3/h4-6,11-13,16,22H,7-10,14-15H2,1-3H3,(H,27,29). The van der Waals surface area contributed by atoms with E-state index in [0.29, 0.717) is 48.2 Å². The van der Waals surface area contributed by atoms with E-state index in [4.69, 9.17) is 25.8 Å². The van der Waals surface area contributed by atoms with Gasteiger partial charge < -0.3 is 19.5 Å². The van der Waals surface area contributed by atoms with Crippen LogP contribution in [0.5, 0.6) is 11.5 Å². The Bertz CT molecular complexity index is 884. The van der Waals surface area contributed by atoms with Gasteiger partial charge in [-0.2, -0.15) is 0 Å². The van der Waals surface area contributed by atoms with E-state index in [1.165, 1.54) is 6.07 Å². The molecule has 174 valence electrons. The number of carbonyl (C=O) groups is 1. The molecule has 1 aliphatic heterocycles. The Kier molecular flexibility index (Phi) is 8.73. The smallest absolute Gasteiger partial charge is 0.220 e. The number of methoxy groups -OCH3 is 2. The van der Waals surface area contributed by atoms with E-state index in [2.05, 4.69) is 10.2 Å². The van der Waals surface area contributed by atoms with Crippen molar-refractivity contribution in [1.29, 1.82) is 0 Å². The first-order chi connectivity index (χ1) is 15.4. The van der Waals surface area contributed by atoms with Crippen LogP contribution in [-0.2, 0) is 16.0 Å². The number of nitrogens with one attached hydrogen (secondary N) is 1. The largest absolute Gasteiger partial charge is 0.497 e. The summed E-state index contributed by atoms with van der Waals surface area (Å²) in [5.74, 6) is 0.857. The molecule has 0 aromatic heterocycles. The molecule has 6 nitrogen and oxygen atoms in total. The van der Waals surface area contributed by atoms with Gasteiger partial charge in [0.15, 0.2) is 0 Å². The summed E-state index contributed by atoms with van der Waals surface area (Å²) in [5.41, 5.74) is 1.34. The number of rotatable bonds is 9. The van der Waals surface area contributed by atoms with Gasteiger partial charge in [0, 0.05) is 42.7 Å². The Morgan fingerprint density at radius 3 is 2.62 bits per heavy atom. The summed E-state index contributed by atoms with van der Waals surface area (Å²) in [4.78, 5) is 14.8. The number of nitrogens with zero attached hydrogens (tertiary/aromatic N) is 1. The van der Waals surface area contributed by atoms with Crippen LogP contribution in [0.25, 0.3) is 0 Å². The van der Waals surface area contributed by atoms with Gasteiger partial charge in [-0.15, -0.1) is 0 Å². The molecule has 0 radical (unpaired) electrons. The summed E-state index contributed by atoms with van der Waals surface area (Å²) >= 11 is 6.36. The molecule has 0 spiro atoms. The van der Waals surface area contributed by atoms with Gasteiger partial charge in [0.1, 0.15) is 17.3 Å². The number of benzene rings is 2. The lowest BCUT2D eigenvalue weighted by Crippen LogP contribution is -2.47.